The highest BCUT2D eigenvalue weighted by Gasteiger charge is 2.60. The second kappa shape index (κ2) is 7.82. The van der Waals surface area contributed by atoms with E-state index >= 15 is 0 Å². The first-order chi connectivity index (χ1) is 14.7. The van der Waals surface area contributed by atoms with Crippen LogP contribution in [-0.2, 0) is 9.47 Å². The number of esters is 2. The minimum atomic E-state index is -0.430. The third kappa shape index (κ3) is 3.38. The van der Waals surface area contributed by atoms with Gasteiger partial charge in [0.15, 0.2) is 0 Å². The SMILES string of the molecule is O=C(OC1CC23CCCCC2C(CC3)C1OC(=O)c1cccnc1)c1cccnc1. The van der Waals surface area contributed by atoms with Gasteiger partial charge in [-0.3, -0.25) is 9.97 Å². The fraction of sp³-hybridized carbons (Fsp3) is 0.500. The first-order valence-corrected chi connectivity index (χ1v) is 10.9. The summed E-state index contributed by atoms with van der Waals surface area (Å²) < 4.78 is 12.0. The highest BCUT2D eigenvalue weighted by Crippen LogP contribution is 2.62. The summed E-state index contributed by atoms with van der Waals surface area (Å²) in [6, 6.07) is 6.84. The van der Waals surface area contributed by atoms with Crippen LogP contribution in [0.5, 0.6) is 0 Å². The lowest BCUT2D eigenvalue weighted by Crippen LogP contribution is -2.52. The van der Waals surface area contributed by atoms with Crippen LogP contribution in [0.1, 0.15) is 65.7 Å². The highest BCUT2D eigenvalue weighted by atomic mass is 16.6. The van der Waals surface area contributed by atoms with Gasteiger partial charge in [0.2, 0.25) is 0 Å². The molecule has 0 saturated heterocycles. The van der Waals surface area contributed by atoms with Crippen LogP contribution in [0.4, 0.5) is 0 Å². The number of pyridine rings is 2. The lowest BCUT2D eigenvalue weighted by molar-refractivity contribution is -0.118. The van der Waals surface area contributed by atoms with Crippen LogP contribution in [0.3, 0.4) is 0 Å². The van der Waals surface area contributed by atoms with Crippen LogP contribution in [0.2, 0.25) is 0 Å². The van der Waals surface area contributed by atoms with Crippen molar-refractivity contribution in [3.63, 3.8) is 0 Å². The molecule has 2 heterocycles. The van der Waals surface area contributed by atoms with E-state index < -0.39 is 24.1 Å². The maximum atomic E-state index is 12.8. The summed E-state index contributed by atoms with van der Waals surface area (Å²) in [7, 11) is 0. The van der Waals surface area contributed by atoms with E-state index in [-0.39, 0.29) is 11.3 Å². The van der Waals surface area contributed by atoms with E-state index in [9.17, 15) is 9.59 Å². The van der Waals surface area contributed by atoms with Crippen LogP contribution >= 0.6 is 0 Å². The van der Waals surface area contributed by atoms with Crippen molar-refractivity contribution in [2.75, 3.05) is 0 Å². The van der Waals surface area contributed by atoms with Gasteiger partial charge in [0.05, 0.1) is 11.1 Å². The maximum Gasteiger partial charge on any atom is 0.340 e. The third-order valence-electron chi connectivity index (χ3n) is 7.41. The summed E-state index contributed by atoms with van der Waals surface area (Å²) in [5, 5.41) is 0. The number of ether oxygens (including phenoxy) is 2. The van der Waals surface area contributed by atoms with Crippen LogP contribution in [-0.4, -0.2) is 34.1 Å². The van der Waals surface area contributed by atoms with Crippen LogP contribution in [0.25, 0.3) is 0 Å². The smallest absolute Gasteiger partial charge is 0.340 e. The van der Waals surface area contributed by atoms with Crippen molar-refractivity contribution in [2.24, 2.45) is 17.3 Å². The largest absolute Gasteiger partial charge is 0.455 e. The molecule has 6 heteroatoms. The van der Waals surface area contributed by atoms with E-state index in [1.54, 1.807) is 36.7 Å². The Balaban J connectivity index is 1.41. The molecule has 156 valence electrons. The zero-order valence-corrected chi connectivity index (χ0v) is 16.9. The molecule has 0 aliphatic heterocycles. The second-order valence-corrected chi connectivity index (χ2v) is 8.92. The molecule has 3 saturated carbocycles. The summed E-state index contributed by atoms with van der Waals surface area (Å²) in [6.07, 6.45) is 13.2. The number of rotatable bonds is 4. The molecular weight excluding hydrogens is 380 g/mol. The van der Waals surface area contributed by atoms with Crippen LogP contribution in [0.15, 0.2) is 49.1 Å². The number of carbonyl (C=O) groups is 2. The Morgan fingerprint density at radius 1 is 0.900 bits per heavy atom. The van der Waals surface area contributed by atoms with Gasteiger partial charge in [-0.2, -0.15) is 0 Å². The van der Waals surface area contributed by atoms with Crippen molar-refractivity contribution >= 4 is 11.9 Å². The van der Waals surface area contributed by atoms with Gasteiger partial charge in [-0.25, -0.2) is 9.59 Å². The Bertz CT molecular complexity index is 919. The zero-order chi connectivity index (χ0) is 20.6. The topological polar surface area (TPSA) is 78.4 Å². The fourth-order valence-electron chi connectivity index (χ4n) is 6.14. The van der Waals surface area contributed by atoms with Crippen molar-refractivity contribution in [3.8, 4) is 0 Å². The number of nitrogens with zero attached hydrogens (tertiary/aromatic N) is 2. The number of hydrogen-bond donors (Lipinski definition) is 0. The normalized spacial score (nSPS) is 32.1. The minimum Gasteiger partial charge on any atom is -0.455 e. The van der Waals surface area contributed by atoms with Crippen molar-refractivity contribution in [3.05, 3.63) is 60.2 Å². The Labute approximate surface area is 176 Å². The molecule has 2 bridgehead atoms. The molecule has 3 fully saturated rings. The summed E-state index contributed by atoms with van der Waals surface area (Å²) in [5.41, 5.74) is 1.07. The summed E-state index contributed by atoms with van der Waals surface area (Å²) >= 11 is 0. The van der Waals surface area contributed by atoms with Crippen molar-refractivity contribution in [1.29, 1.82) is 0 Å². The lowest BCUT2D eigenvalue weighted by atomic mass is 9.59. The molecule has 0 radical (unpaired) electrons. The van der Waals surface area contributed by atoms with E-state index in [4.69, 9.17) is 9.47 Å². The Hall–Kier alpha value is -2.76. The van der Waals surface area contributed by atoms with E-state index in [1.807, 2.05) is 0 Å². The molecular formula is C24H26N2O4. The van der Waals surface area contributed by atoms with Crippen LogP contribution < -0.4 is 0 Å². The Morgan fingerprint density at radius 2 is 1.60 bits per heavy atom. The fourth-order valence-corrected chi connectivity index (χ4v) is 6.14. The van der Waals surface area contributed by atoms with Gasteiger partial charge in [-0.05, 0) is 67.7 Å². The number of aromatic nitrogens is 2. The van der Waals surface area contributed by atoms with Gasteiger partial charge < -0.3 is 9.47 Å². The lowest BCUT2D eigenvalue weighted by Gasteiger charge is -2.50. The van der Waals surface area contributed by atoms with Crippen molar-refractivity contribution < 1.29 is 19.1 Å². The van der Waals surface area contributed by atoms with E-state index in [0.29, 0.717) is 17.0 Å². The molecule has 3 aliphatic rings. The predicted octanol–water partition coefficient (Wildman–Crippen LogP) is 4.22. The minimum absolute atomic E-state index is 0.222. The second-order valence-electron chi connectivity index (χ2n) is 8.92. The molecule has 3 aliphatic carbocycles. The van der Waals surface area contributed by atoms with E-state index in [1.165, 1.54) is 38.1 Å². The number of carbonyl (C=O) groups excluding carboxylic acids is 2. The molecule has 0 N–H and O–H groups in total. The van der Waals surface area contributed by atoms with Gasteiger partial charge in [0.1, 0.15) is 12.2 Å². The van der Waals surface area contributed by atoms with Gasteiger partial charge >= 0.3 is 11.9 Å². The maximum absolute atomic E-state index is 12.8. The van der Waals surface area contributed by atoms with Gasteiger partial charge in [-0.1, -0.05) is 12.8 Å². The molecule has 0 amide bonds. The molecule has 5 unspecified atom stereocenters. The molecule has 30 heavy (non-hydrogen) atoms. The quantitative estimate of drug-likeness (QED) is 0.708. The van der Waals surface area contributed by atoms with Crippen molar-refractivity contribution in [2.45, 2.75) is 57.2 Å². The van der Waals surface area contributed by atoms with Gasteiger partial charge in [0, 0.05) is 30.7 Å². The van der Waals surface area contributed by atoms with E-state index in [2.05, 4.69) is 9.97 Å². The molecule has 0 spiro atoms. The molecule has 5 atom stereocenters. The summed E-state index contributed by atoms with van der Waals surface area (Å²) in [6.45, 7) is 0. The third-order valence-corrected chi connectivity index (χ3v) is 7.41. The molecule has 6 nitrogen and oxygen atoms in total. The Morgan fingerprint density at radius 3 is 2.27 bits per heavy atom. The summed E-state index contributed by atoms with van der Waals surface area (Å²) in [5.74, 6) is -0.0102. The molecule has 5 rings (SSSR count). The van der Waals surface area contributed by atoms with Crippen molar-refractivity contribution in [1.82, 2.24) is 9.97 Å². The van der Waals surface area contributed by atoms with E-state index in [0.717, 1.165) is 19.3 Å². The molecule has 2 aromatic rings. The highest BCUT2D eigenvalue weighted by molar-refractivity contribution is 5.90. The standard InChI is InChI=1S/C24H26N2O4/c27-22(16-5-3-11-25-14-16)29-20-13-24-9-2-1-7-19(24)18(8-10-24)21(20)30-23(28)17-6-4-12-26-15-17/h3-6,11-12,14-15,18-21H,1-2,7-10,13H2. The first-order valence-electron chi connectivity index (χ1n) is 10.9. The Kier molecular flexibility index (Phi) is 5.01. The molecule has 2 aromatic heterocycles. The molecule has 0 aromatic carbocycles. The monoisotopic (exact) mass is 406 g/mol. The first kappa shape index (κ1) is 19.2. The average molecular weight is 406 g/mol. The predicted molar refractivity (Wildman–Crippen MR) is 109 cm³/mol. The van der Waals surface area contributed by atoms with Crippen LogP contribution in [0, 0.1) is 17.3 Å². The average Bonchev–Trinajstić information content (AvgIpc) is 3.10. The zero-order valence-electron chi connectivity index (χ0n) is 16.9. The van der Waals surface area contributed by atoms with Gasteiger partial charge in [-0.15, -0.1) is 0 Å². The summed E-state index contributed by atoms with van der Waals surface area (Å²) in [4.78, 5) is 33.7. The number of hydrogen-bond acceptors (Lipinski definition) is 6. The van der Waals surface area contributed by atoms with Gasteiger partial charge in [0.25, 0.3) is 0 Å².